The number of nitriles is 1. The number of hydrogen-bond donors (Lipinski definition) is 3. The predicted molar refractivity (Wildman–Crippen MR) is 104 cm³/mol. The first-order valence-corrected chi connectivity index (χ1v) is 9.94. The van der Waals surface area contributed by atoms with Crippen LogP contribution in [-0.2, 0) is 4.79 Å². The zero-order chi connectivity index (χ0) is 19.0. The SMILES string of the molecule is CC(NC(=O)/C(C#N)=C\Nc1ccc(O)cc1)C12CC3CC(CC(C3)C1)C2. The van der Waals surface area contributed by atoms with Crippen LogP contribution in [0.3, 0.4) is 0 Å². The van der Waals surface area contributed by atoms with Gasteiger partial charge in [-0.05, 0) is 92.9 Å². The second-order valence-electron chi connectivity index (χ2n) is 8.84. The van der Waals surface area contributed by atoms with Crippen LogP contribution in [0.1, 0.15) is 45.4 Å². The van der Waals surface area contributed by atoms with Gasteiger partial charge in [-0.1, -0.05) is 0 Å². The van der Waals surface area contributed by atoms with E-state index in [1.54, 1.807) is 24.3 Å². The van der Waals surface area contributed by atoms with Gasteiger partial charge in [0.05, 0.1) is 0 Å². The minimum atomic E-state index is -0.313. The summed E-state index contributed by atoms with van der Waals surface area (Å²) in [5.41, 5.74) is 0.997. The van der Waals surface area contributed by atoms with E-state index >= 15 is 0 Å². The Morgan fingerprint density at radius 2 is 1.74 bits per heavy atom. The Morgan fingerprint density at radius 1 is 1.19 bits per heavy atom. The van der Waals surface area contributed by atoms with Crippen LogP contribution in [0.15, 0.2) is 36.0 Å². The number of aromatic hydroxyl groups is 1. The average Bonchev–Trinajstić information content (AvgIpc) is 2.62. The molecule has 1 aromatic rings. The number of benzene rings is 1. The zero-order valence-electron chi connectivity index (χ0n) is 15.7. The Hall–Kier alpha value is -2.48. The summed E-state index contributed by atoms with van der Waals surface area (Å²) in [6, 6.07) is 8.58. The van der Waals surface area contributed by atoms with Crippen LogP contribution in [0.2, 0.25) is 0 Å². The lowest BCUT2D eigenvalue weighted by Gasteiger charge is -2.59. The predicted octanol–water partition coefficient (Wildman–Crippen LogP) is 3.93. The highest BCUT2D eigenvalue weighted by Crippen LogP contribution is 2.61. The second kappa shape index (κ2) is 6.92. The summed E-state index contributed by atoms with van der Waals surface area (Å²) in [5.74, 6) is 2.35. The van der Waals surface area contributed by atoms with Crippen LogP contribution in [0.25, 0.3) is 0 Å². The van der Waals surface area contributed by atoms with Crippen molar-refractivity contribution in [1.82, 2.24) is 5.32 Å². The number of amides is 1. The molecule has 0 radical (unpaired) electrons. The van der Waals surface area contributed by atoms with E-state index in [0.29, 0.717) is 5.69 Å². The molecule has 4 aliphatic carbocycles. The summed E-state index contributed by atoms with van der Waals surface area (Å²) >= 11 is 0. The summed E-state index contributed by atoms with van der Waals surface area (Å²) < 4.78 is 0. The smallest absolute Gasteiger partial charge is 0.263 e. The summed E-state index contributed by atoms with van der Waals surface area (Å²) in [4.78, 5) is 12.7. The molecule has 0 saturated heterocycles. The third kappa shape index (κ3) is 3.53. The zero-order valence-corrected chi connectivity index (χ0v) is 15.7. The van der Waals surface area contributed by atoms with Gasteiger partial charge in [-0.3, -0.25) is 4.79 Å². The fraction of sp³-hybridized carbons (Fsp3) is 0.545. The van der Waals surface area contributed by atoms with Crippen LogP contribution >= 0.6 is 0 Å². The number of carbonyl (C=O) groups is 1. The quantitative estimate of drug-likeness (QED) is 0.419. The molecule has 0 heterocycles. The van der Waals surface area contributed by atoms with E-state index in [9.17, 15) is 15.2 Å². The van der Waals surface area contributed by atoms with E-state index in [-0.39, 0.29) is 28.7 Å². The molecular formula is C22H27N3O2. The van der Waals surface area contributed by atoms with Gasteiger partial charge >= 0.3 is 0 Å². The van der Waals surface area contributed by atoms with Gasteiger partial charge in [0.1, 0.15) is 17.4 Å². The fourth-order valence-corrected chi connectivity index (χ4v) is 6.00. The van der Waals surface area contributed by atoms with Gasteiger partial charge in [0.2, 0.25) is 0 Å². The van der Waals surface area contributed by atoms with E-state index in [4.69, 9.17) is 0 Å². The minimum Gasteiger partial charge on any atom is -0.508 e. The Labute approximate surface area is 160 Å². The van der Waals surface area contributed by atoms with Crippen LogP contribution < -0.4 is 10.6 Å². The maximum atomic E-state index is 12.7. The first-order valence-electron chi connectivity index (χ1n) is 9.94. The largest absolute Gasteiger partial charge is 0.508 e. The third-order valence-corrected chi connectivity index (χ3v) is 6.97. The summed E-state index contributed by atoms with van der Waals surface area (Å²) in [7, 11) is 0. The van der Waals surface area contributed by atoms with Crippen molar-refractivity contribution >= 4 is 11.6 Å². The molecule has 1 aromatic carbocycles. The lowest BCUT2D eigenvalue weighted by Crippen LogP contribution is -2.56. The van der Waals surface area contributed by atoms with E-state index in [2.05, 4.69) is 17.6 Å². The lowest BCUT2D eigenvalue weighted by molar-refractivity contribution is -0.122. The Kier molecular flexibility index (Phi) is 4.59. The van der Waals surface area contributed by atoms with Crippen molar-refractivity contribution < 1.29 is 9.90 Å². The molecule has 1 atom stereocenters. The Bertz CT molecular complexity index is 755. The monoisotopic (exact) mass is 365 g/mol. The normalized spacial score (nSPS) is 32.6. The molecule has 0 aromatic heterocycles. The van der Waals surface area contributed by atoms with Gasteiger partial charge in [-0.2, -0.15) is 5.26 Å². The Balaban J connectivity index is 1.42. The van der Waals surface area contributed by atoms with Crippen molar-refractivity contribution in [2.45, 2.75) is 51.5 Å². The van der Waals surface area contributed by atoms with E-state index in [0.717, 1.165) is 17.8 Å². The van der Waals surface area contributed by atoms with Gasteiger partial charge in [0.25, 0.3) is 5.91 Å². The van der Waals surface area contributed by atoms with Crippen molar-refractivity contribution in [2.24, 2.45) is 23.2 Å². The lowest BCUT2D eigenvalue weighted by atomic mass is 9.48. The van der Waals surface area contributed by atoms with Crippen LogP contribution in [0, 0.1) is 34.5 Å². The fourth-order valence-electron chi connectivity index (χ4n) is 6.00. The molecular weight excluding hydrogens is 338 g/mol. The van der Waals surface area contributed by atoms with Crippen LogP contribution in [0.4, 0.5) is 5.69 Å². The van der Waals surface area contributed by atoms with E-state index < -0.39 is 0 Å². The van der Waals surface area contributed by atoms with Crippen LogP contribution in [-0.4, -0.2) is 17.1 Å². The van der Waals surface area contributed by atoms with Crippen LogP contribution in [0.5, 0.6) is 5.75 Å². The highest BCUT2D eigenvalue weighted by atomic mass is 16.3. The minimum absolute atomic E-state index is 0.0691. The molecule has 1 amide bonds. The molecule has 5 rings (SSSR count). The molecule has 4 fully saturated rings. The molecule has 1 unspecified atom stereocenters. The molecule has 27 heavy (non-hydrogen) atoms. The number of hydrogen-bond acceptors (Lipinski definition) is 4. The average molecular weight is 365 g/mol. The van der Waals surface area contributed by atoms with Crippen molar-refractivity contribution in [3.05, 3.63) is 36.0 Å². The molecule has 4 saturated carbocycles. The van der Waals surface area contributed by atoms with Gasteiger partial charge in [0, 0.05) is 17.9 Å². The number of phenols is 1. The number of nitrogens with zero attached hydrogens (tertiary/aromatic N) is 1. The molecule has 142 valence electrons. The molecule has 0 spiro atoms. The van der Waals surface area contributed by atoms with Gasteiger partial charge in [-0.25, -0.2) is 0 Å². The first kappa shape index (κ1) is 17.9. The van der Waals surface area contributed by atoms with Gasteiger partial charge < -0.3 is 15.7 Å². The summed E-state index contributed by atoms with van der Waals surface area (Å²) in [5, 5.41) is 24.8. The first-order chi connectivity index (χ1) is 13.0. The summed E-state index contributed by atoms with van der Waals surface area (Å²) in [6.07, 6.45) is 9.22. The number of rotatable bonds is 5. The maximum absolute atomic E-state index is 12.7. The second-order valence-corrected chi connectivity index (χ2v) is 8.84. The van der Waals surface area contributed by atoms with Crippen molar-refractivity contribution in [2.75, 3.05) is 5.32 Å². The molecule has 0 aliphatic heterocycles. The highest BCUT2D eigenvalue weighted by Gasteiger charge is 2.53. The van der Waals surface area contributed by atoms with Crippen molar-refractivity contribution in [3.8, 4) is 11.8 Å². The number of anilines is 1. The van der Waals surface area contributed by atoms with E-state index in [1.807, 2.05) is 6.07 Å². The standard InChI is InChI=1S/C22H27N3O2/c1-14(22-9-15-6-16(10-22)8-17(7-15)11-22)25-21(27)18(12-23)13-24-19-2-4-20(26)5-3-19/h2-5,13-17,24,26H,6-11H2,1H3,(H,25,27)/b18-13-. The molecule has 5 heteroatoms. The van der Waals surface area contributed by atoms with Gasteiger partial charge in [-0.15, -0.1) is 0 Å². The summed E-state index contributed by atoms with van der Waals surface area (Å²) in [6.45, 7) is 2.12. The number of phenolic OH excluding ortho intramolecular Hbond substituents is 1. The Morgan fingerprint density at radius 3 is 2.26 bits per heavy atom. The maximum Gasteiger partial charge on any atom is 0.263 e. The highest BCUT2D eigenvalue weighted by molar-refractivity contribution is 5.97. The topological polar surface area (TPSA) is 85.2 Å². The van der Waals surface area contributed by atoms with E-state index in [1.165, 1.54) is 44.7 Å². The number of nitrogens with one attached hydrogen (secondary N) is 2. The van der Waals surface area contributed by atoms with Gasteiger partial charge in [0.15, 0.2) is 0 Å². The molecule has 4 bridgehead atoms. The van der Waals surface area contributed by atoms with Crippen molar-refractivity contribution in [3.63, 3.8) is 0 Å². The third-order valence-electron chi connectivity index (χ3n) is 6.97. The van der Waals surface area contributed by atoms with Crippen molar-refractivity contribution in [1.29, 1.82) is 5.26 Å². The molecule has 5 nitrogen and oxygen atoms in total. The number of carbonyl (C=O) groups excluding carboxylic acids is 1. The molecule has 4 aliphatic rings. The molecule has 3 N–H and O–H groups in total.